The zero-order valence-corrected chi connectivity index (χ0v) is 14.6. The largest absolute Gasteiger partial charge is 0.356 e. The van der Waals surface area contributed by atoms with Crippen LogP contribution >= 0.6 is 35.3 Å². The molecule has 0 amide bonds. The van der Waals surface area contributed by atoms with Crippen LogP contribution in [0.5, 0.6) is 0 Å². The van der Waals surface area contributed by atoms with Crippen LogP contribution in [0.15, 0.2) is 22.8 Å². The number of halogens is 1. The molecule has 1 saturated carbocycles. The third-order valence-electron chi connectivity index (χ3n) is 3.59. The first-order valence-electron chi connectivity index (χ1n) is 6.71. The van der Waals surface area contributed by atoms with Crippen LogP contribution in [0.25, 0.3) is 4.96 Å². The van der Waals surface area contributed by atoms with Gasteiger partial charge in [-0.3, -0.25) is 9.39 Å². The summed E-state index contributed by atoms with van der Waals surface area (Å²) in [6.45, 7) is 1.73. The first-order valence-corrected chi connectivity index (χ1v) is 7.58. The van der Waals surface area contributed by atoms with Gasteiger partial charge in [0.25, 0.3) is 0 Å². The molecule has 5 nitrogen and oxygen atoms in total. The third-order valence-corrected chi connectivity index (χ3v) is 4.36. The number of aromatic nitrogens is 2. The highest BCUT2D eigenvalue weighted by atomic mass is 127. The smallest absolute Gasteiger partial charge is 0.193 e. The number of nitrogens with zero attached hydrogens (tertiary/aromatic N) is 3. The minimum Gasteiger partial charge on any atom is -0.356 e. The summed E-state index contributed by atoms with van der Waals surface area (Å²) in [6, 6.07) is 0. The molecule has 1 aliphatic carbocycles. The third kappa shape index (κ3) is 3.63. The molecule has 110 valence electrons. The van der Waals surface area contributed by atoms with E-state index in [1.807, 2.05) is 23.0 Å². The van der Waals surface area contributed by atoms with E-state index in [4.69, 9.17) is 0 Å². The summed E-state index contributed by atoms with van der Waals surface area (Å²) in [5.74, 6) is 1.69. The van der Waals surface area contributed by atoms with Crippen molar-refractivity contribution in [1.29, 1.82) is 0 Å². The second kappa shape index (κ2) is 7.26. The standard InChI is InChI=1S/C13H19N5S.HI/c1-14-12(15-7-10-3-2-4-10)16-8-11-9-18-5-6-19-13(18)17-11;/h5-6,9-10H,2-4,7-8H2,1H3,(H2,14,15,16);1H. The average molecular weight is 405 g/mol. The van der Waals surface area contributed by atoms with Crippen molar-refractivity contribution in [2.24, 2.45) is 10.9 Å². The maximum Gasteiger partial charge on any atom is 0.193 e. The van der Waals surface area contributed by atoms with Gasteiger partial charge in [0, 0.05) is 31.4 Å². The molecule has 0 unspecified atom stereocenters. The molecule has 2 N–H and O–H groups in total. The van der Waals surface area contributed by atoms with Gasteiger partial charge in [-0.05, 0) is 18.8 Å². The molecule has 0 radical (unpaired) electrons. The highest BCUT2D eigenvalue weighted by Crippen LogP contribution is 2.25. The van der Waals surface area contributed by atoms with Gasteiger partial charge in [0.2, 0.25) is 0 Å². The highest BCUT2D eigenvalue weighted by molar-refractivity contribution is 14.0. The average Bonchev–Trinajstić information content (AvgIpc) is 2.91. The normalized spacial score (nSPS) is 15.8. The zero-order valence-electron chi connectivity index (χ0n) is 11.5. The predicted octanol–water partition coefficient (Wildman–Crippen LogP) is 2.48. The van der Waals surface area contributed by atoms with Crippen molar-refractivity contribution >= 4 is 46.2 Å². The molecule has 1 aliphatic rings. The Labute approximate surface area is 139 Å². The maximum absolute atomic E-state index is 4.54. The van der Waals surface area contributed by atoms with Crippen LogP contribution in [0, 0.1) is 5.92 Å². The topological polar surface area (TPSA) is 53.7 Å². The van der Waals surface area contributed by atoms with Crippen molar-refractivity contribution < 1.29 is 0 Å². The molecule has 0 aliphatic heterocycles. The monoisotopic (exact) mass is 405 g/mol. The maximum atomic E-state index is 4.54. The van der Waals surface area contributed by atoms with Crippen LogP contribution in [-0.4, -0.2) is 28.9 Å². The van der Waals surface area contributed by atoms with Gasteiger partial charge in [-0.15, -0.1) is 35.3 Å². The molecule has 7 heteroatoms. The first kappa shape index (κ1) is 15.6. The molecule has 0 aromatic carbocycles. The second-order valence-corrected chi connectivity index (χ2v) is 5.80. The van der Waals surface area contributed by atoms with Crippen molar-refractivity contribution in [2.75, 3.05) is 13.6 Å². The van der Waals surface area contributed by atoms with Gasteiger partial charge < -0.3 is 10.6 Å². The number of nitrogens with one attached hydrogen (secondary N) is 2. The fourth-order valence-electron chi connectivity index (χ4n) is 2.19. The number of rotatable bonds is 4. The van der Waals surface area contributed by atoms with Crippen LogP contribution in [0.3, 0.4) is 0 Å². The number of imidazole rings is 1. The Kier molecular flexibility index (Phi) is 5.64. The molecule has 3 rings (SSSR count). The van der Waals surface area contributed by atoms with Crippen LogP contribution < -0.4 is 10.6 Å². The minimum absolute atomic E-state index is 0. The van der Waals surface area contributed by atoms with E-state index >= 15 is 0 Å². The zero-order chi connectivity index (χ0) is 13.1. The van der Waals surface area contributed by atoms with Gasteiger partial charge in [0.15, 0.2) is 10.9 Å². The summed E-state index contributed by atoms with van der Waals surface area (Å²) in [4.78, 5) is 9.81. The van der Waals surface area contributed by atoms with E-state index in [9.17, 15) is 0 Å². The molecule has 0 atom stereocenters. The van der Waals surface area contributed by atoms with Gasteiger partial charge in [-0.2, -0.15) is 0 Å². The predicted molar refractivity (Wildman–Crippen MR) is 94.0 cm³/mol. The molecule has 0 bridgehead atoms. The molecular weight excluding hydrogens is 385 g/mol. The summed E-state index contributed by atoms with van der Waals surface area (Å²) < 4.78 is 2.05. The molecule has 1 fully saturated rings. The van der Waals surface area contributed by atoms with E-state index in [-0.39, 0.29) is 24.0 Å². The number of guanidine groups is 1. The SMILES string of the molecule is CN=C(NCc1cn2ccsc2n1)NCC1CCC1.I. The van der Waals surface area contributed by atoms with Gasteiger partial charge >= 0.3 is 0 Å². The molecule has 0 spiro atoms. The summed E-state index contributed by atoms with van der Waals surface area (Å²) >= 11 is 1.65. The van der Waals surface area contributed by atoms with Gasteiger partial charge in [0.1, 0.15) is 0 Å². The molecule has 2 heterocycles. The van der Waals surface area contributed by atoms with E-state index in [1.165, 1.54) is 19.3 Å². The first-order chi connectivity index (χ1) is 9.35. The van der Waals surface area contributed by atoms with E-state index < -0.39 is 0 Å². The molecule has 20 heavy (non-hydrogen) atoms. The Morgan fingerprint density at radius 3 is 3.00 bits per heavy atom. The highest BCUT2D eigenvalue weighted by Gasteiger charge is 2.17. The summed E-state index contributed by atoms with van der Waals surface area (Å²) in [6.07, 6.45) is 8.16. The Bertz CT molecular complexity index is 544. The van der Waals surface area contributed by atoms with Crippen LogP contribution in [0.4, 0.5) is 0 Å². The molecule has 2 aromatic heterocycles. The van der Waals surface area contributed by atoms with Crippen LogP contribution in [-0.2, 0) is 6.54 Å². The lowest BCUT2D eigenvalue weighted by atomic mass is 9.85. The second-order valence-electron chi connectivity index (χ2n) is 4.93. The van der Waals surface area contributed by atoms with Crippen molar-refractivity contribution in [3.8, 4) is 0 Å². The molecule has 2 aromatic rings. The number of hydrogen-bond donors (Lipinski definition) is 2. The van der Waals surface area contributed by atoms with Crippen molar-refractivity contribution in [1.82, 2.24) is 20.0 Å². The van der Waals surface area contributed by atoms with Crippen molar-refractivity contribution in [2.45, 2.75) is 25.8 Å². The number of fused-ring (bicyclic) bond motifs is 1. The van der Waals surface area contributed by atoms with Gasteiger partial charge in [-0.1, -0.05) is 6.42 Å². The lowest BCUT2D eigenvalue weighted by molar-refractivity contribution is 0.314. The quantitative estimate of drug-likeness (QED) is 0.467. The Morgan fingerprint density at radius 2 is 2.35 bits per heavy atom. The van der Waals surface area contributed by atoms with E-state index in [0.29, 0.717) is 6.54 Å². The minimum atomic E-state index is 0. The van der Waals surface area contributed by atoms with E-state index in [0.717, 1.165) is 29.1 Å². The van der Waals surface area contributed by atoms with Crippen LogP contribution in [0.1, 0.15) is 25.0 Å². The number of aliphatic imine (C=N–C) groups is 1. The Hall–Kier alpha value is -0.830. The lowest BCUT2D eigenvalue weighted by Crippen LogP contribution is -2.40. The number of hydrogen-bond acceptors (Lipinski definition) is 3. The molecule has 0 saturated heterocycles. The lowest BCUT2D eigenvalue weighted by Gasteiger charge is -2.26. The fourth-order valence-corrected chi connectivity index (χ4v) is 2.91. The Morgan fingerprint density at radius 1 is 1.50 bits per heavy atom. The Balaban J connectivity index is 0.00000147. The summed E-state index contributed by atoms with van der Waals surface area (Å²) in [5.41, 5.74) is 1.04. The van der Waals surface area contributed by atoms with E-state index in [2.05, 4.69) is 26.8 Å². The summed E-state index contributed by atoms with van der Waals surface area (Å²) in [5, 5.41) is 8.72. The number of thiazole rings is 1. The molecular formula is C13H20IN5S. The fraction of sp³-hybridized carbons (Fsp3) is 0.538. The van der Waals surface area contributed by atoms with Crippen molar-refractivity contribution in [3.05, 3.63) is 23.5 Å². The van der Waals surface area contributed by atoms with Crippen molar-refractivity contribution in [3.63, 3.8) is 0 Å². The van der Waals surface area contributed by atoms with Gasteiger partial charge in [-0.25, -0.2) is 4.98 Å². The van der Waals surface area contributed by atoms with Crippen LogP contribution in [0.2, 0.25) is 0 Å². The summed E-state index contributed by atoms with van der Waals surface area (Å²) in [7, 11) is 1.81. The van der Waals surface area contributed by atoms with E-state index in [1.54, 1.807) is 11.3 Å². The van der Waals surface area contributed by atoms with Gasteiger partial charge in [0.05, 0.1) is 12.2 Å².